The molecule has 2 aromatic rings. The molecule has 2 aromatic carbocycles. The van der Waals surface area contributed by atoms with Gasteiger partial charge < -0.3 is 5.32 Å². The third kappa shape index (κ3) is 4.67. The standard InChI is InChI=1S/C22H26F3N3O3S/c1-13-11-14(2)16(4)22(15(13)3)32(30,31)28-9-7-27(8-10-28)12-19(29)26-18-6-5-17(23)20(24)21(18)25/h5-6,11H,7-10,12H2,1-4H3,(H,26,29). The summed E-state index contributed by atoms with van der Waals surface area (Å²) in [5.74, 6) is -5.06. The van der Waals surface area contributed by atoms with Crippen molar-refractivity contribution < 1.29 is 26.4 Å². The number of amides is 1. The maximum absolute atomic E-state index is 13.8. The van der Waals surface area contributed by atoms with E-state index in [1.165, 1.54) is 4.31 Å². The summed E-state index contributed by atoms with van der Waals surface area (Å²) in [5, 5.41) is 2.23. The largest absolute Gasteiger partial charge is 0.322 e. The molecular formula is C22H26F3N3O3S. The van der Waals surface area contributed by atoms with Crippen LogP contribution < -0.4 is 5.32 Å². The molecule has 10 heteroatoms. The van der Waals surface area contributed by atoms with Gasteiger partial charge in [-0.2, -0.15) is 4.31 Å². The zero-order chi connectivity index (χ0) is 23.8. The molecule has 1 saturated heterocycles. The molecule has 1 fully saturated rings. The minimum atomic E-state index is -3.70. The van der Waals surface area contributed by atoms with Crippen LogP contribution in [0.3, 0.4) is 0 Å². The van der Waals surface area contributed by atoms with E-state index in [-0.39, 0.29) is 19.6 Å². The molecule has 1 aliphatic heterocycles. The number of aryl methyl sites for hydroxylation is 2. The fourth-order valence-corrected chi connectivity index (χ4v) is 5.84. The molecule has 1 heterocycles. The molecule has 0 aromatic heterocycles. The van der Waals surface area contributed by atoms with Crippen molar-refractivity contribution in [3.05, 3.63) is 57.9 Å². The lowest BCUT2D eigenvalue weighted by atomic mass is 10.0. The molecule has 1 aliphatic rings. The van der Waals surface area contributed by atoms with E-state index < -0.39 is 39.1 Å². The molecule has 1 N–H and O–H groups in total. The molecule has 0 saturated carbocycles. The van der Waals surface area contributed by atoms with Gasteiger partial charge in [0, 0.05) is 26.2 Å². The fourth-order valence-electron chi connectivity index (χ4n) is 3.84. The van der Waals surface area contributed by atoms with Crippen molar-refractivity contribution in [2.24, 2.45) is 0 Å². The summed E-state index contributed by atoms with van der Waals surface area (Å²) in [4.78, 5) is 14.3. The molecular weight excluding hydrogens is 443 g/mol. The van der Waals surface area contributed by atoms with Crippen LogP contribution in [0.2, 0.25) is 0 Å². The minimum Gasteiger partial charge on any atom is -0.322 e. The summed E-state index contributed by atoms with van der Waals surface area (Å²) >= 11 is 0. The molecule has 0 spiro atoms. The number of benzene rings is 2. The molecule has 0 atom stereocenters. The second-order valence-electron chi connectivity index (χ2n) is 8.04. The van der Waals surface area contributed by atoms with Crippen LogP contribution in [0.4, 0.5) is 18.9 Å². The molecule has 3 rings (SSSR count). The molecule has 0 aliphatic carbocycles. The highest BCUT2D eigenvalue weighted by Crippen LogP contribution is 2.29. The Morgan fingerprint density at radius 2 is 1.50 bits per heavy atom. The van der Waals surface area contributed by atoms with Crippen molar-refractivity contribution in [2.45, 2.75) is 32.6 Å². The third-order valence-corrected chi connectivity index (χ3v) is 8.08. The lowest BCUT2D eigenvalue weighted by molar-refractivity contribution is -0.117. The molecule has 174 valence electrons. The van der Waals surface area contributed by atoms with Crippen LogP contribution in [0, 0.1) is 45.1 Å². The van der Waals surface area contributed by atoms with Gasteiger partial charge in [0.15, 0.2) is 17.5 Å². The van der Waals surface area contributed by atoms with Crippen molar-refractivity contribution in [3.8, 4) is 0 Å². The number of nitrogens with zero attached hydrogens (tertiary/aromatic N) is 2. The van der Waals surface area contributed by atoms with Crippen LogP contribution in [0.15, 0.2) is 23.1 Å². The van der Waals surface area contributed by atoms with Crippen LogP contribution >= 0.6 is 0 Å². The maximum Gasteiger partial charge on any atom is 0.243 e. The van der Waals surface area contributed by atoms with E-state index in [1.807, 2.05) is 19.9 Å². The predicted octanol–water partition coefficient (Wildman–Crippen LogP) is 3.28. The topological polar surface area (TPSA) is 69.7 Å². The highest BCUT2D eigenvalue weighted by molar-refractivity contribution is 7.89. The third-order valence-electron chi connectivity index (χ3n) is 5.90. The number of piperazine rings is 1. The second-order valence-corrected chi connectivity index (χ2v) is 9.92. The number of halogens is 3. The van der Waals surface area contributed by atoms with Crippen LogP contribution in [0.25, 0.3) is 0 Å². The van der Waals surface area contributed by atoms with Crippen molar-refractivity contribution in [2.75, 3.05) is 38.0 Å². The number of carbonyl (C=O) groups is 1. The Hall–Kier alpha value is -2.43. The Kier molecular flexibility index (Phi) is 6.97. The van der Waals surface area contributed by atoms with E-state index in [2.05, 4.69) is 5.32 Å². The zero-order valence-electron chi connectivity index (χ0n) is 18.4. The Morgan fingerprint density at radius 3 is 2.06 bits per heavy atom. The summed E-state index contributed by atoms with van der Waals surface area (Å²) in [6.07, 6.45) is 0. The van der Waals surface area contributed by atoms with E-state index >= 15 is 0 Å². The molecule has 0 bridgehead atoms. The van der Waals surface area contributed by atoms with Gasteiger partial charge in [-0.15, -0.1) is 0 Å². The molecule has 1 amide bonds. The lowest BCUT2D eigenvalue weighted by Gasteiger charge is -2.34. The van der Waals surface area contributed by atoms with Gasteiger partial charge in [0.25, 0.3) is 0 Å². The first-order valence-corrected chi connectivity index (χ1v) is 11.6. The molecule has 0 unspecified atom stereocenters. The smallest absolute Gasteiger partial charge is 0.243 e. The van der Waals surface area contributed by atoms with Gasteiger partial charge in [-0.05, 0) is 62.1 Å². The van der Waals surface area contributed by atoms with E-state index in [1.54, 1.807) is 18.7 Å². The van der Waals surface area contributed by atoms with Gasteiger partial charge in [-0.25, -0.2) is 21.6 Å². The van der Waals surface area contributed by atoms with Gasteiger partial charge in [0.2, 0.25) is 15.9 Å². The summed E-state index contributed by atoms with van der Waals surface area (Å²) in [6, 6.07) is 3.65. The Bertz CT molecular complexity index is 1130. The van der Waals surface area contributed by atoms with Crippen molar-refractivity contribution in [1.82, 2.24) is 9.21 Å². The summed E-state index contributed by atoms with van der Waals surface area (Å²) in [6.45, 7) is 8.22. The molecule has 6 nitrogen and oxygen atoms in total. The van der Waals surface area contributed by atoms with Crippen LogP contribution in [-0.4, -0.2) is 56.3 Å². The van der Waals surface area contributed by atoms with Crippen molar-refractivity contribution in [3.63, 3.8) is 0 Å². The van der Waals surface area contributed by atoms with E-state index in [0.29, 0.717) is 18.0 Å². The first-order valence-electron chi connectivity index (χ1n) is 10.2. The quantitative estimate of drug-likeness (QED) is 0.683. The van der Waals surface area contributed by atoms with E-state index in [4.69, 9.17) is 0 Å². The number of anilines is 1. The summed E-state index contributed by atoms with van der Waals surface area (Å²) < 4.78 is 68.2. The normalized spacial score (nSPS) is 15.7. The highest BCUT2D eigenvalue weighted by Gasteiger charge is 2.32. The van der Waals surface area contributed by atoms with Crippen molar-refractivity contribution >= 4 is 21.6 Å². The molecule has 0 radical (unpaired) electrons. The van der Waals surface area contributed by atoms with Gasteiger partial charge >= 0.3 is 0 Å². The average Bonchev–Trinajstić information content (AvgIpc) is 2.73. The predicted molar refractivity (Wildman–Crippen MR) is 116 cm³/mol. The second kappa shape index (κ2) is 9.21. The van der Waals surface area contributed by atoms with Crippen molar-refractivity contribution in [1.29, 1.82) is 0 Å². The van der Waals surface area contributed by atoms with Gasteiger partial charge in [0.05, 0.1) is 17.1 Å². The minimum absolute atomic E-state index is 0.131. The molecule has 32 heavy (non-hydrogen) atoms. The number of carbonyl (C=O) groups excluding carboxylic acids is 1. The van der Waals surface area contributed by atoms with Crippen LogP contribution in [-0.2, 0) is 14.8 Å². The van der Waals surface area contributed by atoms with Gasteiger partial charge in [-0.1, -0.05) is 6.07 Å². The number of nitrogens with one attached hydrogen (secondary N) is 1. The van der Waals surface area contributed by atoms with Gasteiger partial charge in [-0.3, -0.25) is 9.69 Å². The first kappa shape index (κ1) is 24.2. The lowest BCUT2D eigenvalue weighted by Crippen LogP contribution is -2.50. The zero-order valence-corrected chi connectivity index (χ0v) is 19.2. The average molecular weight is 470 g/mol. The number of sulfonamides is 1. The Morgan fingerprint density at radius 1 is 0.938 bits per heavy atom. The van der Waals surface area contributed by atoms with Crippen LogP contribution in [0.1, 0.15) is 22.3 Å². The highest BCUT2D eigenvalue weighted by atomic mass is 32.2. The van der Waals surface area contributed by atoms with E-state index in [0.717, 1.165) is 34.4 Å². The monoisotopic (exact) mass is 469 g/mol. The van der Waals surface area contributed by atoms with Gasteiger partial charge in [0.1, 0.15) is 0 Å². The fraction of sp³-hybridized carbons (Fsp3) is 0.409. The number of rotatable bonds is 5. The van der Waals surface area contributed by atoms with Crippen LogP contribution in [0.5, 0.6) is 0 Å². The Labute approximate surface area is 186 Å². The number of hydrogen-bond donors (Lipinski definition) is 1. The van der Waals surface area contributed by atoms with E-state index in [9.17, 15) is 26.4 Å². The first-order chi connectivity index (χ1) is 14.9. The number of hydrogen-bond acceptors (Lipinski definition) is 4. The summed E-state index contributed by atoms with van der Waals surface area (Å²) in [7, 11) is -3.70. The Balaban J connectivity index is 1.66. The maximum atomic E-state index is 13.8. The summed E-state index contributed by atoms with van der Waals surface area (Å²) in [5.41, 5.74) is 2.82. The SMILES string of the molecule is Cc1cc(C)c(C)c(S(=O)(=O)N2CCN(CC(=O)Nc3ccc(F)c(F)c3F)CC2)c1C.